The van der Waals surface area contributed by atoms with Crippen molar-refractivity contribution < 1.29 is 24.2 Å². The number of carbonyl (C=O) groups is 3. The maximum absolute atomic E-state index is 12.5. The van der Waals surface area contributed by atoms with Crippen molar-refractivity contribution in [1.82, 2.24) is 5.32 Å². The molecule has 0 fully saturated rings. The summed E-state index contributed by atoms with van der Waals surface area (Å²) in [6.45, 7) is 1.75. The van der Waals surface area contributed by atoms with E-state index in [4.69, 9.17) is 10.5 Å². The fraction of sp³-hybridized carbons (Fsp3) is 0.115. The van der Waals surface area contributed by atoms with Crippen molar-refractivity contribution in [3.8, 4) is 5.75 Å². The monoisotopic (exact) mass is 459 g/mol. The minimum atomic E-state index is -0.936. The number of hydrogen-bond donors (Lipinski definition) is 4. The van der Waals surface area contributed by atoms with Crippen LogP contribution >= 0.6 is 0 Å². The maximum atomic E-state index is 12.5. The van der Waals surface area contributed by atoms with E-state index in [0.717, 1.165) is 0 Å². The van der Waals surface area contributed by atoms with Gasteiger partial charge in [-0.3, -0.25) is 14.9 Å². The predicted molar refractivity (Wildman–Crippen MR) is 129 cm³/mol. The van der Waals surface area contributed by atoms with Gasteiger partial charge in [0.25, 0.3) is 5.91 Å². The molecule has 0 aliphatic heterocycles. The number of alkyl carbamates (subject to hydrolysis) is 1. The zero-order chi connectivity index (χ0) is 24.5. The number of benzene rings is 3. The van der Waals surface area contributed by atoms with Crippen molar-refractivity contribution in [2.75, 3.05) is 11.1 Å². The second kappa shape index (κ2) is 11.3. The van der Waals surface area contributed by atoms with Crippen LogP contribution in [0.5, 0.6) is 5.75 Å². The zero-order valence-corrected chi connectivity index (χ0v) is 18.5. The van der Waals surface area contributed by atoms with Gasteiger partial charge in [-0.25, -0.2) is 4.79 Å². The molecular formula is C26H25N3O5. The highest BCUT2D eigenvalue weighted by molar-refractivity contribution is 6.03. The largest absolute Gasteiger partial charge is 0.508 e. The third-order valence-electron chi connectivity index (χ3n) is 4.95. The molecule has 3 rings (SSSR count). The standard InChI is InChI=1S/C26H25N3O5/c1-17(11-16-23(31)28-22-10-6-5-9-21(22)27)24(18-12-14-20(30)15-13-18)34-26(33)29-25(32)19-7-3-2-4-8-19/h2-17,24,30H,27H2,1H3,(H,28,31)(H,29,32,33)/b16-11+/t17-,24-/m0/s1. The molecule has 0 aliphatic carbocycles. The van der Waals surface area contributed by atoms with Crippen LogP contribution in [-0.2, 0) is 9.53 Å². The Morgan fingerprint density at radius 2 is 1.59 bits per heavy atom. The normalized spacial score (nSPS) is 12.5. The Balaban J connectivity index is 1.71. The number of para-hydroxylation sites is 2. The molecule has 0 aromatic heterocycles. The smallest absolute Gasteiger partial charge is 0.414 e. The Morgan fingerprint density at radius 3 is 2.26 bits per heavy atom. The van der Waals surface area contributed by atoms with Gasteiger partial charge in [-0.15, -0.1) is 0 Å². The number of carbonyl (C=O) groups excluding carboxylic acids is 3. The number of anilines is 2. The molecule has 0 saturated carbocycles. The molecule has 0 radical (unpaired) electrons. The Hall–Kier alpha value is -4.59. The Bertz CT molecular complexity index is 1180. The summed E-state index contributed by atoms with van der Waals surface area (Å²) in [6.07, 6.45) is 1.13. The molecule has 0 bridgehead atoms. The second-order valence-electron chi connectivity index (χ2n) is 7.53. The number of amides is 3. The molecule has 0 unspecified atom stereocenters. The highest BCUT2D eigenvalue weighted by atomic mass is 16.6. The molecule has 8 nitrogen and oxygen atoms in total. The third-order valence-corrected chi connectivity index (χ3v) is 4.95. The molecule has 0 saturated heterocycles. The van der Waals surface area contributed by atoms with Crippen LogP contribution in [0.4, 0.5) is 16.2 Å². The highest BCUT2D eigenvalue weighted by Gasteiger charge is 2.24. The molecule has 8 heteroatoms. The zero-order valence-electron chi connectivity index (χ0n) is 18.5. The van der Waals surface area contributed by atoms with E-state index in [1.54, 1.807) is 79.7 Å². The van der Waals surface area contributed by atoms with Crippen molar-refractivity contribution >= 4 is 29.3 Å². The second-order valence-corrected chi connectivity index (χ2v) is 7.53. The van der Waals surface area contributed by atoms with Crippen LogP contribution in [0.25, 0.3) is 0 Å². The average molecular weight is 460 g/mol. The van der Waals surface area contributed by atoms with E-state index >= 15 is 0 Å². The summed E-state index contributed by atoms with van der Waals surface area (Å²) in [5.41, 5.74) is 7.65. The van der Waals surface area contributed by atoms with Gasteiger partial charge in [0.1, 0.15) is 11.9 Å². The van der Waals surface area contributed by atoms with Gasteiger partial charge in [-0.1, -0.05) is 55.5 Å². The minimum absolute atomic E-state index is 0.0502. The van der Waals surface area contributed by atoms with Gasteiger partial charge in [0, 0.05) is 11.5 Å². The summed E-state index contributed by atoms with van der Waals surface area (Å²) >= 11 is 0. The summed E-state index contributed by atoms with van der Waals surface area (Å²) in [5.74, 6) is -1.41. The van der Waals surface area contributed by atoms with Gasteiger partial charge >= 0.3 is 6.09 Å². The first-order valence-corrected chi connectivity index (χ1v) is 10.5. The number of imide groups is 1. The molecule has 3 aromatic rings. The number of nitrogens with two attached hydrogens (primary N) is 1. The Morgan fingerprint density at radius 1 is 0.941 bits per heavy atom. The molecule has 0 aliphatic rings. The summed E-state index contributed by atoms with van der Waals surface area (Å²) in [7, 11) is 0. The first kappa shape index (κ1) is 24.1. The van der Waals surface area contributed by atoms with Crippen LogP contribution in [0.2, 0.25) is 0 Å². The molecule has 34 heavy (non-hydrogen) atoms. The number of rotatable bonds is 7. The molecule has 3 amide bonds. The summed E-state index contributed by atoms with van der Waals surface area (Å²) < 4.78 is 5.54. The van der Waals surface area contributed by atoms with Crippen LogP contribution in [0.3, 0.4) is 0 Å². The van der Waals surface area contributed by atoms with Gasteiger partial charge in [0.15, 0.2) is 0 Å². The van der Waals surface area contributed by atoms with E-state index in [2.05, 4.69) is 10.6 Å². The lowest BCUT2D eigenvalue weighted by Crippen LogP contribution is -2.33. The van der Waals surface area contributed by atoms with E-state index in [0.29, 0.717) is 22.5 Å². The van der Waals surface area contributed by atoms with E-state index in [9.17, 15) is 19.5 Å². The predicted octanol–water partition coefficient (Wildman–Crippen LogP) is 4.41. The SMILES string of the molecule is C[C@@H](/C=C/C(=O)Nc1ccccc1N)[C@H](OC(=O)NC(=O)c1ccccc1)c1ccc(O)cc1. The number of nitrogen functional groups attached to an aromatic ring is 1. The summed E-state index contributed by atoms with van der Waals surface area (Å²) in [6, 6.07) is 21.2. The van der Waals surface area contributed by atoms with Crippen LogP contribution in [0.15, 0.2) is 91.0 Å². The molecule has 3 aromatic carbocycles. The van der Waals surface area contributed by atoms with Crippen LogP contribution in [0, 0.1) is 5.92 Å². The number of hydrogen-bond acceptors (Lipinski definition) is 6. The number of aromatic hydroxyl groups is 1. The molecule has 0 heterocycles. The first-order valence-electron chi connectivity index (χ1n) is 10.5. The molecule has 5 N–H and O–H groups in total. The van der Waals surface area contributed by atoms with E-state index < -0.39 is 29.9 Å². The number of nitrogens with one attached hydrogen (secondary N) is 2. The first-order chi connectivity index (χ1) is 16.3. The van der Waals surface area contributed by atoms with Crippen molar-refractivity contribution in [1.29, 1.82) is 0 Å². The number of phenols is 1. The average Bonchev–Trinajstić information content (AvgIpc) is 2.83. The van der Waals surface area contributed by atoms with E-state index in [-0.39, 0.29) is 5.75 Å². The quantitative estimate of drug-likeness (QED) is 0.306. The fourth-order valence-electron chi connectivity index (χ4n) is 3.17. The van der Waals surface area contributed by atoms with Gasteiger partial charge < -0.3 is 20.9 Å². The lowest BCUT2D eigenvalue weighted by Gasteiger charge is -2.22. The highest BCUT2D eigenvalue weighted by Crippen LogP contribution is 2.29. The summed E-state index contributed by atoms with van der Waals surface area (Å²) in [5, 5.41) is 14.5. The van der Waals surface area contributed by atoms with Gasteiger partial charge in [0.2, 0.25) is 5.91 Å². The lowest BCUT2D eigenvalue weighted by molar-refractivity contribution is -0.111. The van der Waals surface area contributed by atoms with Crippen molar-refractivity contribution in [3.63, 3.8) is 0 Å². The Labute approximate surface area is 197 Å². The lowest BCUT2D eigenvalue weighted by atomic mass is 9.96. The molecule has 2 atom stereocenters. The van der Waals surface area contributed by atoms with Gasteiger partial charge in [-0.2, -0.15) is 0 Å². The fourth-order valence-corrected chi connectivity index (χ4v) is 3.17. The van der Waals surface area contributed by atoms with E-state index in [1.807, 2.05) is 0 Å². The maximum Gasteiger partial charge on any atom is 0.414 e. The molecular weight excluding hydrogens is 434 g/mol. The minimum Gasteiger partial charge on any atom is -0.508 e. The van der Waals surface area contributed by atoms with Crippen molar-refractivity contribution in [2.45, 2.75) is 13.0 Å². The van der Waals surface area contributed by atoms with Crippen LogP contribution in [-0.4, -0.2) is 23.0 Å². The summed E-state index contributed by atoms with van der Waals surface area (Å²) in [4.78, 5) is 37.1. The molecule has 0 spiro atoms. The molecule has 174 valence electrons. The van der Waals surface area contributed by atoms with Crippen molar-refractivity contribution in [2.24, 2.45) is 5.92 Å². The topological polar surface area (TPSA) is 131 Å². The van der Waals surface area contributed by atoms with Crippen LogP contribution < -0.4 is 16.4 Å². The number of ether oxygens (including phenoxy) is 1. The van der Waals surface area contributed by atoms with Crippen molar-refractivity contribution in [3.05, 3.63) is 102 Å². The van der Waals surface area contributed by atoms with Gasteiger partial charge in [-0.05, 0) is 48.0 Å². The van der Waals surface area contributed by atoms with E-state index in [1.165, 1.54) is 18.2 Å². The van der Waals surface area contributed by atoms with Crippen LogP contribution in [0.1, 0.15) is 28.9 Å². The third kappa shape index (κ3) is 6.70. The number of phenolic OH excluding ortho intramolecular Hbond substituents is 1. The Kier molecular flexibility index (Phi) is 8.02. The van der Waals surface area contributed by atoms with Gasteiger partial charge in [0.05, 0.1) is 11.4 Å².